The molecular formula is C19H28N4O2. The Labute approximate surface area is 149 Å². The van der Waals surface area contributed by atoms with Gasteiger partial charge in [-0.3, -0.25) is 4.79 Å². The number of hydrogen-bond acceptors (Lipinski definition) is 4. The Morgan fingerprint density at radius 3 is 2.60 bits per heavy atom. The summed E-state index contributed by atoms with van der Waals surface area (Å²) < 4.78 is 7.69. The number of rotatable bonds is 4. The molecule has 0 spiro atoms. The summed E-state index contributed by atoms with van der Waals surface area (Å²) in [6.45, 7) is 12.4. The molecule has 6 nitrogen and oxygen atoms in total. The zero-order chi connectivity index (χ0) is 18.1. The fourth-order valence-corrected chi connectivity index (χ4v) is 3.39. The van der Waals surface area contributed by atoms with Gasteiger partial charge in [-0.05, 0) is 45.6 Å². The first-order valence-corrected chi connectivity index (χ1v) is 9.11. The molecule has 1 saturated heterocycles. The molecule has 1 amide bonds. The summed E-state index contributed by atoms with van der Waals surface area (Å²) in [5.74, 6) is 0.575. The van der Waals surface area contributed by atoms with Crippen LogP contribution in [0.15, 0.2) is 6.07 Å². The lowest BCUT2D eigenvalue weighted by atomic mass is 10.1. The third kappa shape index (κ3) is 3.68. The van der Waals surface area contributed by atoms with Crippen LogP contribution in [0.1, 0.15) is 54.1 Å². The highest BCUT2D eigenvalue weighted by Crippen LogP contribution is 2.22. The van der Waals surface area contributed by atoms with Gasteiger partial charge in [-0.25, -0.2) is 9.50 Å². The molecule has 0 saturated carbocycles. The van der Waals surface area contributed by atoms with Crippen molar-refractivity contribution in [1.82, 2.24) is 19.5 Å². The predicted molar refractivity (Wildman–Crippen MR) is 96.9 cm³/mol. The van der Waals surface area contributed by atoms with Gasteiger partial charge in [0.15, 0.2) is 5.65 Å². The molecule has 0 aromatic carbocycles. The van der Waals surface area contributed by atoms with E-state index in [2.05, 4.69) is 23.9 Å². The topological polar surface area (TPSA) is 59.7 Å². The van der Waals surface area contributed by atoms with E-state index >= 15 is 0 Å². The second-order valence-electron chi connectivity index (χ2n) is 7.45. The number of aromatic nitrogens is 3. The first-order valence-electron chi connectivity index (χ1n) is 9.11. The van der Waals surface area contributed by atoms with Gasteiger partial charge in [0, 0.05) is 31.1 Å². The standard InChI is InChI=1S/C19H28N4O2/c1-12(2)11-25-16-6-8-22(9-7-16)19(24)17-15(5)21-23-14(4)10-13(3)20-18(17)23/h10,12,16H,6-9,11H2,1-5H3. The lowest BCUT2D eigenvalue weighted by Crippen LogP contribution is -2.41. The van der Waals surface area contributed by atoms with E-state index in [1.807, 2.05) is 31.7 Å². The first kappa shape index (κ1) is 17.9. The minimum absolute atomic E-state index is 0.0345. The van der Waals surface area contributed by atoms with Gasteiger partial charge in [-0.1, -0.05) is 13.8 Å². The Morgan fingerprint density at radius 1 is 1.28 bits per heavy atom. The second kappa shape index (κ2) is 7.12. The van der Waals surface area contributed by atoms with Gasteiger partial charge >= 0.3 is 0 Å². The third-order valence-corrected chi connectivity index (χ3v) is 4.68. The molecule has 1 aliphatic heterocycles. The molecule has 2 aromatic heterocycles. The van der Waals surface area contributed by atoms with E-state index < -0.39 is 0 Å². The van der Waals surface area contributed by atoms with Crippen LogP contribution < -0.4 is 0 Å². The van der Waals surface area contributed by atoms with Crippen LogP contribution in [0.4, 0.5) is 0 Å². The van der Waals surface area contributed by atoms with Gasteiger partial charge in [0.2, 0.25) is 0 Å². The molecule has 0 atom stereocenters. The second-order valence-corrected chi connectivity index (χ2v) is 7.45. The monoisotopic (exact) mass is 344 g/mol. The summed E-state index contributed by atoms with van der Waals surface area (Å²) in [6, 6.07) is 1.98. The number of aryl methyl sites for hydroxylation is 3. The molecule has 0 unspecified atom stereocenters. The van der Waals surface area contributed by atoms with Gasteiger partial charge < -0.3 is 9.64 Å². The Bertz CT molecular complexity index is 773. The van der Waals surface area contributed by atoms with Crippen molar-refractivity contribution < 1.29 is 9.53 Å². The zero-order valence-corrected chi connectivity index (χ0v) is 15.9. The molecule has 3 rings (SSSR count). The van der Waals surface area contributed by atoms with E-state index in [4.69, 9.17) is 4.74 Å². The number of nitrogens with zero attached hydrogens (tertiary/aromatic N) is 4. The molecule has 136 valence electrons. The van der Waals surface area contributed by atoms with Gasteiger partial charge in [0.1, 0.15) is 5.56 Å². The van der Waals surface area contributed by atoms with Crippen molar-refractivity contribution >= 4 is 11.6 Å². The van der Waals surface area contributed by atoms with Crippen molar-refractivity contribution in [3.8, 4) is 0 Å². The zero-order valence-electron chi connectivity index (χ0n) is 15.9. The number of hydrogen-bond donors (Lipinski definition) is 0. The van der Waals surface area contributed by atoms with Crippen LogP contribution in [0.2, 0.25) is 0 Å². The molecule has 0 radical (unpaired) electrons. The molecule has 0 bridgehead atoms. The number of fused-ring (bicyclic) bond motifs is 1. The number of carbonyl (C=O) groups is 1. The van der Waals surface area contributed by atoms with Crippen LogP contribution in [0.5, 0.6) is 0 Å². The summed E-state index contributed by atoms with van der Waals surface area (Å²) in [7, 11) is 0. The number of amides is 1. The summed E-state index contributed by atoms with van der Waals surface area (Å²) in [5, 5.41) is 4.52. The Morgan fingerprint density at radius 2 is 1.96 bits per heavy atom. The molecule has 6 heteroatoms. The summed E-state index contributed by atoms with van der Waals surface area (Å²) >= 11 is 0. The third-order valence-electron chi connectivity index (χ3n) is 4.68. The minimum Gasteiger partial charge on any atom is -0.378 e. The van der Waals surface area contributed by atoms with Crippen LogP contribution in [-0.4, -0.2) is 51.2 Å². The van der Waals surface area contributed by atoms with Gasteiger partial charge in [0.05, 0.1) is 11.8 Å². The predicted octanol–water partition coefficient (Wildman–Crippen LogP) is 2.93. The molecule has 2 aromatic rings. The Hall–Kier alpha value is -1.95. The van der Waals surface area contributed by atoms with Crippen molar-refractivity contribution in [3.63, 3.8) is 0 Å². The quantitative estimate of drug-likeness (QED) is 0.856. The fraction of sp³-hybridized carbons (Fsp3) is 0.632. The van der Waals surface area contributed by atoms with Crippen LogP contribution >= 0.6 is 0 Å². The maximum Gasteiger partial charge on any atom is 0.259 e. The molecule has 1 fully saturated rings. The number of carbonyl (C=O) groups excluding carboxylic acids is 1. The minimum atomic E-state index is 0.0345. The highest BCUT2D eigenvalue weighted by atomic mass is 16.5. The number of piperidine rings is 1. The van der Waals surface area contributed by atoms with E-state index in [1.54, 1.807) is 4.52 Å². The summed E-state index contributed by atoms with van der Waals surface area (Å²) in [5.41, 5.74) is 3.93. The van der Waals surface area contributed by atoms with E-state index in [1.165, 1.54) is 0 Å². The van der Waals surface area contributed by atoms with Crippen LogP contribution in [0, 0.1) is 26.7 Å². The average molecular weight is 344 g/mol. The van der Waals surface area contributed by atoms with Gasteiger partial charge in [-0.2, -0.15) is 5.10 Å². The van der Waals surface area contributed by atoms with Gasteiger partial charge in [-0.15, -0.1) is 0 Å². The lowest BCUT2D eigenvalue weighted by molar-refractivity contribution is -0.00228. The molecule has 0 N–H and O–H groups in total. The molecule has 1 aliphatic rings. The maximum atomic E-state index is 13.1. The van der Waals surface area contributed by atoms with Crippen molar-refractivity contribution in [2.75, 3.05) is 19.7 Å². The summed E-state index contributed by atoms with van der Waals surface area (Å²) in [6.07, 6.45) is 2.05. The van der Waals surface area contributed by atoms with Crippen LogP contribution in [0.25, 0.3) is 5.65 Å². The van der Waals surface area contributed by atoms with E-state index in [9.17, 15) is 4.79 Å². The highest BCUT2D eigenvalue weighted by Gasteiger charge is 2.28. The van der Waals surface area contributed by atoms with Gasteiger partial charge in [0.25, 0.3) is 5.91 Å². The van der Waals surface area contributed by atoms with E-state index in [0.29, 0.717) is 17.1 Å². The van der Waals surface area contributed by atoms with E-state index in [0.717, 1.165) is 49.6 Å². The average Bonchev–Trinajstić information content (AvgIpc) is 2.89. The van der Waals surface area contributed by atoms with Crippen molar-refractivity contribution in [2.24, 2.45) is 5.92 Å². The van der Waals surface area contributed by atoms with E-state index in [-0.39, 0.29) is 12.0 Å². The van der Waals surface area contributed by atoms with Crippen LogP contribution in [-0.2, 0) is 4.74 Å². The molecule has 3 heterocycles. The van der Waals surface area contributed by atoms with Crippen molar-refractivity contribution in [1.29, 1.82) is 0 Å². The first-order chi connectivity index (χ1) is 11.9. The highest BCUT2D eigenvalue weighted by molar-refractivity contribution is 6.01. The smallest absolute Gasteiger partial charge is 0.259 e. The Kier molecular flexibility index (Phi) is 5.08. The molecule has 0 aliphatic carbocycles. The fourth-order valence-electron chi connectivity index (χ4n) is 3.39. The normalized spacial score (nSPS) is 16.2. The Balaban J connectivity index is 1.76. The lowest BCUT2D eigenvalue weighted by Gasteiger charge is -2.32. The largest absolute Gasteiger partial charge is 0.378 e. The SMILES string of the molecule is Cc1cc(C)n2nc(C)c(C(=O)N3CCC(OCC(C)C)CC3)c2n1. The number of ether oxygens (including phenoxy) is 1. The van der Waals surface area contributed by atoms with Crippen molar-refractivity contribution in [3.05, 3.63) is 28.7 Å². The summed E-state index contributed by atoms with van der Waals surface area (Å²) in [4.78, 5) is 19.6. The van der Waals surface area contributed by atoms with Crippen molar-refractivity contribution in [2.45, 2.75) is 53.6 Å². The number of likely N-dealkylation sites (tertiary alicyclic amines) is 1. The maximum absolute atomic E-state index is 13.1. The van der Waals surface area contributed by atoms with Crippen LogP contribution in [0.3, 0.4) is 0 Å². The molecule has 25 heavy (non-hydrogen) atoms. The molecular weight excluding hydrogens is 316 g/mol.